The molecular weight excluding hydrogens is 558 g/mol. The maximum absolute atomic E-state index is 12.7. The maximum atomic E-state index is 12.7. The van der Waals surface area contributed by atoms with Crippen molar-refractivity contribution >= 4 is 58.9 Å². The number of benzene rings is 3. The fourth-order valence-electron chi connectivity index (χ4n) is 3.16. The molecule has 0 fully saturated rings. The van der Waals surface area contributed by atoms with Gasteiger partial charge in [0.1, 0.15) is 12.3 Å². The standard InChI is InChI=1S/C23H24BrN3O6S2/c1-16-4-13-22(33-2)21(14-16)27(34(3,29)30)15-23(28)25-18-9-11-20(12-10-18)35(31,32)26-19-7-5-17(24)6-8-19/h4-14,26H,15H2,1-3H3,(H,25,28). The molecule has 3 aromatic rings. The summed E-state index contributed by atoms with van der Waals surface area (Å²) in [6.45, 7) is 1.30. The zero-order valence-corrected chi connectivity index (χ0v) is 22.4. The van der Waals surface area contributed by atoms with Gasteiger partial charge < -0.3 is 10.1 Å². The van der Waals surface area contributed by atoms with Gasteiger partial charge >= 0.3 is 0 Å². The SMILES string of the molecule is COc1ccc(C)cc1N(CC(=O)Nc1ccc(S(=O)(=O)Nc2ccc(Br)cc2)cc1)S(C)(=O)=O. The molecule has 2 N–H and O–H groups in total. The number of ether oxygens (including phenoxy) is 1. The van der Waals surface area contributed by atoms with E-state index in [1.165, 1.54) is 31.4 Å². The zero-order chi connectivity index (χ0) is 25.8. The molecule has 0 bridgehead atoms. The third-order valence-corrected chi connectivity index (χ3v) is 7.89. The summed E-state index contributed by atoms with van der Waals surface area (Å²) in [6, 6.07) is 17.2. The third kappa shape index (κ3) is 6.96. The molecule has 0 aliphatic rings. The van der Waals surface area contributed by atoms with Crippen LogP contribution in [0.3, 0.4) is 0 Å². The number of nitrogens with zero attached hydrogens (tertiary/aromatic N) is 1. The number of hydrogen-bond donors (Lipinski definition) is 2. The predicted octanol–water partition coefficient (Wildman–Crippen LogP) is 3.97. The quantitative estimate of drug-likeness (QED) is 0.394. The summed E-state index contributed by atoms with van der Waals surface area (Å²) in [5.74, 6) is -0.302. The van der Waals surface area contributed by atoms with Crippen molar-refractivity contribution in [2.75, 3.05) is 34.3 Å². The number of rotatable bonds is 9. The van der Waals surface area contributed by atoms with Crippen LogP contribution in [0.25, 0.3) is 0 Å². The van der Waals surface area contributed by atoms with Crippen LogP contribution in [0.5, 0.6) is 5.75 Å². The molecule has 1 amide bonds. The van der Waals surface area contributed by atoms with Crippen LogP contribution < -0.4 is 19.1 Å². The van der Waals surface area contributed by atoms with Crippen LogP contribution in [-0.4, -0.2) is 42.7 Å². The van der Waals surface area contributed by atoms with E-state index in [9.17, 15) is 21.6 Å². The van der Waals surface area contributed by atoms with E-state index < -0.39 is 32.5 Å². The van der Waals surface area contributed by atoms with Crippen molar-refractivity contribution in [3.8, 4) is 5.75 Å². The highest BCUT2D eigenvalue weighted by Gasteiger charge is 2.24. The van der Waals surface area contributed by atoms with Crippen molar-refractivity contribution in [2.24, 2.45) is 0 Å². The van der Waals surface area contributed by atoms with Crippen molar-refractivity contribution in [1.29, 1.82) is 0 Å². The van der Waals surface area contributed by atoms with Crippen LogP contribution >= 0.6 is 15.9 Å². The fraction of sp³-hybridized carbons (Fsp3) is 0.174. The Balaban J connectivity index is 1.75. The second kappa shape index (κ2) is 10.7. The van der Waals surface area contributed by atoms with Gasteiger partial charge in [-0.25, -0.2) is 16.8 Å². The number of hydrogen-bond acceptors (Lipinski definition) is 6. The average Bonchev–Trinajstić information content (AvgIpc) is 2.78. The number of carbonyl (C=O) groups is 1. The molecule has 0 saturated carbocycles. The molecule has 35 heavy (non-hydrogen) atoms. The lowest BCUT2D eigenvalue weighted by molar-refractivity contribution is -0.114. The first-order valence-electron chi connectivity index (χ1n) is 10.2. The Morgan fingerprint density at radius 3 is 2.11 bits per heavy atom. The van der Waals surface area contributed by atoms with Crippen molar-refractivity contribution in [3.63, 3.8) is 0 Å². The van der Waals surface area contributed by atoms with Gasteiger partial charge in [-0.05, 0) is 73.2 Å². The molecule has 0 aliphatic carbocycles. The van der Waals surface area contributed by atoms with Crippen LogP contribution in [0.4, 0.5) is 17.1 Å². The number of amides is 1. The lowest BCUT2D eigenvalue weighted by atomic mass is 10.2. The Bertz CT molecular complexity index is 1430. The van der Waals surface area contributed by atoms with Crippen molar-refractivity contribution < 1.29 is 26.4 Å². The highest BCUT2D eigenvalue weighted by molar-refractivity contribution is 9.10. The van der Waals surface area contributed by atoms with Crippen LogP contribution in [0.15, 0.2) is 76.1 Å². The molecule has 9 nitrogen and oxygen atoms in total. The summed E-state index contributed by atoms with van der Waals surface area (Å²) in [7, 11) is -6.24. The summed E-state index contributed by atoms with van der Waals surface area (Å²) in [5.41, 5.74) is 1.74. The van der Waals surface area contributed by atoms with E-state index in [-0.39, 0.29) is 10.6 Å². The number of anilines is 3. The predicted molar refractivity (Wildman–Crippen MR) is 140 cm³/mol. The number of aryl methyl sites for hydroxylation is 1. The maximum Gasteiger partial charge on any atom is 0.261 e. The summed E-state index contributed by atoms with van der Waals surface area (Å²) < 4.78 is 59.6. The first-order chi connectivity index (χ1) is 16.4. The molecule has 0 heterocycles. The smallest absolute Gasteiger partial charge is 0.261 e. The molecule has 12 heteroatoms. The van der Waals surface area contributed by atoms with E-state index in [2.05, 4.69) is 26.0 Å². The lowest BCUT2D eigenvalue weighted by Gasteiger charge is -2.24. The Kier molecular flexibility index (Phi) is 8.08. The first kappa shape index (κ1) is 26.5. The number of halogens is 1. The van der Waals surface area contributed by atoms with Crippen molar-refractivity contribution in [2.45, 2.75) is 11.8 Å². The normalized spacial score (nSPS) is 11.5. The van der Waals surface area contributed by atoms with E-state index >= 15 is 0 Å². The number of carbonyl (C=O) groups excluding carboxylic acids is 1. The molecule has 186 valence electrons. The van der Waals surface area contributed by atoms with E-state index in [0.29, 0.717) is 17.1 Å². The minimum Gasteiger partial charge on any atom is -0.495 e. The molecule has 0 saturated heterocycles. The first-order valence-corrected chi connectivity index (χ1v) is 14.3. The van der Waals surface area contributed by atoms with Crippen LogP contribution in [0, 0.1) is 6.92 Å². The van der Waals surface area contributed by atoms with E-state index in [1.807, 2.05) is 0 Å². The molecular formula is C23H24BrN3O6S2. The third-order valence-electron chi connectivity index (χ3n) is 4.84. The number of sulfonamides is 2. The molecule has 0 aromatic heterocycles. The monoisotopic (exact) mass is 581 g/mol. The van der Waals surface area contributed by atoms with E-state index in [4.69, 9.17) is 4.74 Å². The molecule has 0 atom stereocenters. The second-order valence-corrected chi connectivity index (χ2v) is 12.1. The molecule has 0 aliphatic heterocycles. The molecule has 3 aromatic carbocycles. The van der Waals surface area contributed by atoms with Crippen LogP contribution in [0.2, 0.25) is 0 Å². The van der Waals surface area contributed by atoms with Gasteiger partial charge in [-0.1, -0.05) is 22.0 Å². The minimum absolute atomic E-state index is 0.000627. The van der Waals surface area contributed by atoms with E-state index in [0.717, 1.165) is 20.6 Å². The van der Waals surface area contributed by atoms with Crippen molar-refractivity contribution in [1.82, 2.24) is 0 Å². The largest absolute Gasteiger partial charge is 0.495 e. The minimum atomic E-state index is -3.84. The fourth-order valence-corrected chi connectivity index (χ4v) is 5.33. The van der Waals surface area contributed by atoms with Gasteiger partial charge in [-0.3, -0.25) is 13.8 Å². The Morgan fingerprint density at radius 1 is 0.943 bits per heavy atom. The number of nitrogens with one attached hydrogen (secondary N) is 2. The molecule has 0 unspecified atom stereocenters. The van der Waals surface area contributed by atoms with Gasteiger partial charge in [0.15, 0.2) is 0 Å². The summed E-state index contributed by atoms with van der Waals surface area (Å²) in [5, 5.41) is 2.59. The van der Waals surface area contributed by atoms with Gasteiger partial charge in [-0.15, -0.1) is 0 Å². The summed E-state index contributed by atoms with van der Waals surface area (Å²) >= 11 is 3.29. The molecule has 0 radical (unpaired) electrons. The van der Waals surface area contributed by atoms with Gasteiger partial charge in [0.25, 0.3) is 10.0 Å². The lowest BCUT2D eigenvalue weighted by Crippen LogP contribution is -2.37. The van der Waals surface area contributed by atoms with Crippen molar-refractivity contribution in [3.05, 3.63) is 76.8 Å². The van der Waals surface area contributed by atoms with Gasteiger partial charge in [0.05, 0.1) is 23.9 Å². The Labute approximate surface area is 213 Å². The average molecular weight is 582 g/mol. The number of methoxy groups -OCH3 is 1. The molecule has 3 rings (SSSR count). The van der Waals surface area contributed by atoms with Crippen LogP contribution in [0.1, 0.15) is 5.56 Å². The highest BCUT2D eigenvalue weighted by atomic mass is 79.9. The van der Waals surface area contributed by atoms with Gasteiger partial charge in [-0.2, -0.15) is 0 Å². The van der Waals surface area contributed by atoms with Crippen LogP contribution in [-0.2, 0) is 24.8 Å². The Morgan fingerprint density at radius 2 is 1.54 bits per heavy atom. The summed E-state index contributed by atoms with van der Waals surface area (Å²) in [6.07, 6.45) is 1.00. The molecule has 0 spiro atoms. The Hall–Kier alpha value is -3.09. The van der Waals surface area contributed by atoms with E-state index in [1.54, 1.807) is 49.4 Å². The van der Waals surface area contributed by atoms with Gasteiger partial charge in [0, 0.05) is 15.8 Å². The second-order valence-electron chi connectivity index (χ2n) is 7.63. The zero-order valence-electron chi connectivity index (χ0n) is 19.1. The topological polar surface area (TPSA) is 122 Å². The summed E-state index contributed by atoms with van der Waals surface area (Å²) in [4.78, 5) is 12.7. The van der Waals surface area contributed by atoms with Gasteiger partial charge in [0.2, 0.25) is 15.9 Å². The highest BCUT2D eigenvalue weighted by Crippen LogP contribution is 2.31.